The third kappa shape index (κ3) is 3.05. The number of ether oxygens (including phenoxy) is 1. The number of nitrogens with zero attached hydrogens (tertiary/aromatic N) is 2. The van der Waals surface area contributed by atoms with Gasteiger partial charge in [0.05, 0.1) is 6.20 Å². The molecule has 0 unspecified atom stereocenters. The van der Waals surface area contributed by atoms with Gasteiger partial charge < -0.3 is 10.5 Å². The summed E-state index contributed by atoms with van der Waals surface area (Å²) in [4.78, 5) is 8.59. The number of rotatable bonds is 4. The number of hydrogen-bond donors (Lipinski definition) is 1. The van der Waals surface area contributed by atoms with Crippen LogP contribution < -0.4 is 10.5 Å². The first-order valence-corrected chi connectivity index (χ1v) is 6.01. The summed E-state index contributed by atoms with van der Waals surface area (Å²) in [7, 11) is 0. The molecule has 2 N–H and O–H groups in total. The van der Waals surface area contributed by atoms with E-state index in [1.54, 1.807) is 6.20 Å². The average Bonchev–Trinajstić information content (AvgIpc) is 2.41. The third-order valence-electron chi connectivity index (χ3n) is 2.62. The lowest BCUT2D eigenvalue weighted by molar-refractivity contribution is 0.457. The Balaban J connectivity index is 2.25. The van der Waals surface area contributed by atoms with Gasteiger partial charge in [0.2, 0.25) is 5.88 Å². The lowest BCUT2D eigenvalue weighted by Crippen LogP contribution is -2.01. The highest BCUT2D eigenvalue weighted by Crippen LogP contribution is 2.20. The SMILES string of the molecule is CCc1cc(CN)cc(Oc2ccc(C)nc2)n1. The fraction of sp³-hybridized carbons (Fsp3) is 0.286. The van der Waals surface area contributed by atoms with Crippen molar-refractivity contribution in [1.29, 1.82) is 0 Å². The maximum absolute atomic E-state index is 5.69. The van der Waals surface area contributed by atoms with Gasteiger partial charge in [-0.25, -0.2) is 4.98 Å². The molecule has 4 heteroatoms. The standard InChI is InChI=1S/C14H17N3O/c1-3-12-6-11(8-15)7-14(17-12)18-13-5-4-10(2)16-9-13/h4-7,9H,3,8,15H2,1-2H3. The van der Waals surface area contributed by atoms with Crippen LogP contribution in [0.5, 0.6) is 11.6 Å². The maximum Gasteiger partial charge on any atom is 0.219 e. The van der Waals surface area contributed by atoms with E-state index in [1.165, 1.54) is 0 Å². The lowest BCUT2D eigenvalue weighted by Gasteiger charge is -2.08. The van der Waals surface area contributed by atoms with Gasteiger partial charge in [-0.15, -0.1) is 0 Å². The third-order valence-corrected chi connectivity index (χ3v) is 2.62. The van der Waals surface area contributed by atoms with Crippen molar-refractivity contribution >= 4 is 0 Å². The Hall–Kier alpha value is -1.94. The number of aryl methyl sites for hydroxylation is 2. The van der Waals surface area contributed by atoms with Gasteiger partial charge >= 0.3 is 0 Å². The molecule has 0 fully saturated rings. The normalized spacial score (nSPS) is 10.4. The molecule has 0 saturated heterocycles. The van der Waals surface area contributed by atoms with E-state index in [1.807, 2.05) is 31.2 Å². The van der Waals surface area contributed by atoms with E-state index >= 15 is 0 Å². The minimum Gasteiger partial charge on any atom is -0.437 e. The minimum absolute atomic E-state index is 0.484. The van der Waals surface area contributed by atoms with Gasteiger partial charge in [0.1, 0.15) is 5.75 Å². The van der Waals surface area contributed by atoms with E-state index in [4.69, 9.17) is 10.5 Å². The van der Waals surface area contributed by atoms with E-state index in [2.05, 4.69) is 16.9 Å². The molecule has 0 aliphatic rings. The molecule has 0 radical (unpaired) electrons. The molecule has 2 aromatic rings. The van der Waals surface area contributed by atoms with Crippen LogP contribution in [-0.2, 0) is 13.0 Å². The smallest absolute Gasteiger partial charge is 0.219 e. The average molecular weight is 243 g/mol. The molecular formula is C14H17N3O. The van der Waals surface area contributed by atoms with Crippen molar-refractivity contribution in [3.63, 3.8) is 0 Å². The highest BCUT2D eigenvalue weighted by Gasteiger charge is 2.03. The first-order valence-electron chi connectivity index (χ1n) is 6.01. The van der Waals surface area contributed by atoms with Crippen LogP contribution in [0.1, 0.15) is 23.9 Å². The van der Waals surface area contributed by atoms with Gasteiger partial charge in [-0.05, 0) is 37.1 Å². The summed E-state index contributed by atoms with van der Waals surface area (Å²) in [5.41, 5.74) is 8.62. The second-order valence-electron chi connectivity index (χ2n) is 4.10. The summed E-state index contributed by atoms with van der Waals surface area (Å²) in [6, 6.07) is 7.65. The molecule has 0 amide bonds. The molecule has 0 spiro atoms. The van der Waals surface area contributed by atoms with Crippen molar-refractivity contribution in [3.05, 3.63) is 47.4 Å². The van der Waals surface area contributed by atoms with Crippen molar-refractivity contribution in [2.45, 2.75) is 26.8 Å². The zero-order chi connectivity index (χ0) is 13.0. The highest BCUT2D eigenvalue weighted by atomic mass is 16.5. The molecule has 0 aromatic carbocycles. The maximum atomic E-state index is 5.69. The Morgan fingerprint density at radius 1 is 1.28 bits per heavy atom. The molecule has 0 atom stereocenters. The molecule has 0 saturated carbocycles. The Bertz CT molecular complexity index is 501. The summed E-state index contributed by atoms with van der Waals surface area (Å²) >= 11 is 0. The van der Waals surface area contributed by atoms with Gasteiger partial charge in [0.15, 0.2) is 0 Å². The monoisotopic (exact) mass is 243 g/mol. The Labute approximate surface area is 107 Å². The number of hydrogen-bond acceptors (Lipinski definition) is 4. The van der Waals surface area contributed by atoms with Crippen molar-refractivity contribution in [2.24, 2.45) is 5.73 Å². The summed E-state index contributed by atoms with van der Waals surface area (Å²) in [6.07, 6.45) is 2.55. The number of pyridine rings is 2. The van der Waals surface area contributed by atoms with Gasteiger partial charge in [0, 0.05) is 24.0 Å². The Morgan fingerprint density at radius 2 is 2.11 bits per heavy atom. The van der Waals surface area contributed by atoms with Crippen LogP contribution in [0.15, 0.2) is 30.5 Å². The summed E-state index contributed by atoms with van der Waals surface area (Å²) in [5.74, 6) is 1.25. The van der Waals surface area contributed by atoms with Crippen LogP contribution in [0.2, 0.25) is 0 Å². The molecule has 18 heavy (non-hydrogen) atoms. The zero-order valence-electron chi connectivity index (χ0n) is 10.7. The first-order chi connectivity index (χ1) is 8.71. The minimum atomic E-state index is 0.484. The molecule has 0 aliphatic heterocycles. The van der Waals surface area contributed by atoms with E-state index < -0.39 is 0 Å². The van der Waals surface area contributed by atoms with E-state index in [0.29, 0.717) is 18.2 Å². The molecular weight excluding hydrogens is 226 g/mol. The van der Waals surface area contributed by atoms with E-state index in [0.717, 1.165) is 23.4 Å². The predicted molar refractivity (Wildman–Crippen MR) is 70.6 cm³/mol. The van der Waals surface area contributed by atoms with E-state index in [-0.39, 0.29) is 0 Å². The van der Waals surface area contributed by atoms with Crippen molar-refractivity contribution in [2.75, 3.05) is 0 Å². The second-order valence-corrected chi connectivity index (χ2v) is 4.10. The molecule has 2 heterocycles. The number of nitrogens with two attached hydrogens (primary N) is 1. The zero-order valence-corrected chi connectivity index (χ0v) is 10.7. The largest absolute Gasteiger partial charge is 0.437 e. The van der Waals surface area contributed by atoms with E-state index in [9.17, 15) is 0 Å². The Morgan fingerprint density at radius 3 is 2.72 bits per heavy atom. The van der Waals surface area contributed by atoms with Crippen LogP contribution in [0.25, 0.3) is 0 Å². The van der Waals surface area contributed by atoms with Crippen LogP contribution >= 0.6 is 0 Å². The molecule has 4 nitrogen and oxygen atoms in total. The fourth-order valence-corrected chi connectivity index (χ4v) is 1.61. The first kappa shape index (κ1) is 12.5. The van der Waals surface area contributed by atoms with Crippen molar-refractivity contribution in [3.8, 4) is 11.6 Å². The van der Waals surface area contributed by atoms with Crippen LogP contribution in [0.4, 0.5) is 0 Å². The van der Waals surface area contributed by atoms with Gasteiger partial charge in [-0.3, -0.25) is 4.98 Å². The van der Waals surface area contributed by atoms with Gasteiger partial charge in [0.25, 0.3) is 0 Å². The molecule has 2 aromatic heterocycles. The summed E-state index contributed by atoms with van der Waals surface area (Å²) in [5, 5.41) is 0. The lowest BCUT2D eigenvalue weighted by atomic mass is 10.2. The molecule has 94 valence electrons. The second kappa shape index (κ2) is 5.60. The van der Waals surface area contributed by atoms with Crippen LogP contribution in [0, 0.1) is 6.92 Å². The molecule has 0 bridgehead atoms. The highest BCUT2D eigenvalue weighted by molar-refractivity contribution is 5.30. The van der Waals surface area contributed by atoms with Crippen LogP contribution in [0.3, 0.4) is 0 Å². The fourth-order valence-electron chi connectivity index (χ4n) is 1.61. The topological polar surface area (TPSA) is 61.0 Å². The molecule has 0 aliphatic carbocycles. The number of aromatic nitrogens is 2. The van der Waals surface area contributed by atoms with Gasteiger partial charge in [-0.2, -0.15) is 0 Å². The quantitative estimate of drug-likeness (QED) is 0.896. The molecule has 2 rings (SSSR count). The van der Waals surface area contributed by atoms with Crippen molar-refractivity contribution in [1.82, 2.24) is 9.97 Å². The summed E-state index contributed by atoms with van der Waals surface area (Å²) in [6.45, 7) is 4.48. The predicted octanol–water partition coefficient (Wildman–Crippen LogP) is 2.60. The van der Waals surface area contributed by atoms with Crippen LogP contribution in [-0.4, -0.2) is 9.97 Å². The van der Waals surface area contributed by atoms with Crippen molar-refractivity contribution < 1.29 is 4.74 Å². The van der Waals surface area contributed by atoms with Gasteiger partial charge in [-0.1, -0.05) is 6.92 Å². The summed E-state index contributed by atoms with van der Waals surface area (Å²) < 4.78 is 5.69. The Kier molecular flexibility index (Phi) is 3.89.